The maximum Gasteiger partial charge on any atom is 0.278 e. The fourth-order valence-corrected chi connectivity index (χ4v) is 3.45. The van der Waals surface area contributed by atoms with Crippen molar-refractivity contribution < 1.29 is 18.0 Å². The van der Waals surface area contributed by atoms with Crippen molar-refractivity contribution in [1.82, 2.24) is 19.2 Å². The highest BCUT2D eigenvalue weighted by Gasteiger charge is 2.36. The topological polar surface area (TPSA) is 98.8 Å². The van der Waals surface area contributed by atoms with Gasteiger partial charge in [0, 0.05) is 40.2 Å². The van der Waals surface area contributed by atoms with Gasteiger partial charge in [0.25, 0.3) is 10.2 Å². The average Bonchev–Trinajstić information content (AvgIpc) is 3.00. The monoisotopic (exact) mass is 382 g/mol. The highest BCUT2D eigenvalue weighted by Crippen LogP contribution is 2.28. The summed E-state index contributed by atoms with van der Waals surface area (Å²) < 4.78 is 26.6. The number of hydrogen-bond donors (Lipinski definition) is 2. The van der Waals surface area contributed by atoms with E-state index in [-0.39, 0.29) is 37.4 Å². The number of rotatable bonds is 8. The number of amides is 2. The van der Waals surface area contributed by atoms with Crippen LogP contribution in [-0.4, -0.2) is 63.2 Å². The normalized spacial score (nSPS) is 19.0. The predicted octanol–water partition coefficient (Wildman–Crippen LogP) is 0.108. The Balaban J connectivity index is 1.83. The van der Waals surface area contributed by atoms with Crippen molar-refractivity contribution in [3.63, 3.8) is 0 Å². The molecule has 26 heavy (non-hydrogen) atoms. The molecule has 144 valence electrons. The Labute approximate surface area is 154 Å². The molecule has 0 bridgehead atoms. The van der Waals surface area contributed by atoms with Gasteiger partial charge < -0.3 is 10.2 Å². The van der Waals surface area contributed by atoms with E-state index >= 15 is 0 Å². The molecule has 1 aliphatic rings. The molecule has 0 aliphatic carbocycles. The lowest BCUT2D eigenvalue weighted by Gasteiger charge is -2.25. The van der Waals surface area contributed by atoms with E-state index in [0.717, 1.165) is 9.87 Å². The van der Waals surface area contributed by atoms with Crippen LogP contribution in [0.25, 0.3) is 0 Å². The van der Waals surface area contributed by atoms with Gasteiger partial charge in [0.05, 0.1) is 12.0 Å². The second-order valence-electron chi connectivity index (χ2n) is 6.51. The van der Waals surface area contributed by atoms with Crippen molar-refractivity contribution in [2.24, 2.45) is 5.92 Å². The minimum Gasteiger partial charge on any atom is -0.354 e. The Hall–Kier alpha value is -1.97. The van der Waals surface area contributed by atoms with E-state index in [2.05, 4.69) is 10.0 Å². The molecular formula is C17H26N4O4S. The number of likely N-dealkylation sites (tertiary alicyclic amines) is 1. The summed E-state index contributed by atoms with van der Waals surface area (Å²) >= 11 is 0. The minimum atomic E-state index is -3.50. The Bertz CT molecular complexity index is 736. The lowest BCUT2D eigenvalue weighted by molar-refractivity contribution is -0.130. The summed E-state index contributed by atoms with van der Waals surface area (Å²) in [6, 6.07) is 9.59. The summed E-state index contributed by atoms with van der Waals surface area (Å²) in [5.41, 5.74) is 1.03. The van der Waals surface area contributed by atoms with Gasteiger partial charge in [-0.15, -0.1) is 0 Å². The zero-order valence-electron chi connectivity index (χ0n) is 15.3. The molecule has 8 nitrogen and oxygen atoms in total. The first-order chi connectivity index (χ1) is 12.2. The smallest absolute Gasteiger partial charge is 0.278 e. The van der Waals surface area contributed by atoms with Gasteiger partial charge in [-0.05, 0) is 12.5 Å². The van der Waals surface area contributed by atoms with Crippen molar-refractivity contribution in [2.75, 3.05) is 33.7 Å². The molecule has 9 heteroatoms. The number of nitrogens with one attached hydrogen (secondary N) is 2. The van der Waals surface area contributed by atoms with E-state index in [4.69, 9.17) is 0 Å². The first-order valence-corrected chi connectivity index (χ1v) is 9.95. The van der Waals surface area contributed by atoms with Crippen molar-refractivity contribution in [3.05, 3.63) is 35.9 Å². The zero-order chi connectivity index (χ0) is 19.3. The highest BCUT2D eigenvalue weighted by molar-refractivity contribution is 7.87. The average molecular weight is 382 g/mol. The molecular weight excluding hydrogens is 356 g/mol. The molecule has 0 spiro atoms. The number of hydrogen-bond acceptors (Lipinski definition) is 4. The van der Waals surface area contributed by atoms with E-state index in [0.29, 0.717) is 6.54 Å². The van der Waals surface area contributed by atoms with Gasteiger partial charge in [0.1, 0.15) is 0 Å². The van der Waals surface area contributed by atoms with Crippen LogP contribution in [0, 0.1) is 5.92 Å². The molecule has 1 aromatic carbocycles. The van der Waals surface area contributed by atoms with Gasteiger partial charge >= 0.3 is 0 Å². The number of carbonyl (C=O) groups excluding carboxylic acids is 2. The maximum atomic E-state index is 12.3. The minimum absolute atomic E-state index is 0.0465. The lowest BCUT2D eigenvalue weighted by atomic mass is 10.1. The van der Waals surface area contributed by atoms with E-state index in [1.165, 1.54) is 14.1 Å². The van der Waals surface area contributed by atoms with Gasteiger partial charge in [0.2, 0.25) is 11.8 Å². The van der Waals surface area contributed by atoms with Crippen LogP contribution in [0.4, 0.5) is 0 Å². The molecule has 1 saturated heterocycles. The Kier molecular flexibility index (Phi) is 6.74. The van der Waals surface area contributed by atoms with Crippen molar-refractivity contribution in [1.29, 1.82) is 0 Å². The summed E-state index contributed by atoms with van der Waals surface area (Å²) in [6.07, 6.45) is 0.173. The quantitative estimate of drug-likeness (QED) is 0.624. The molecule has 2 amide bonds. The number of nitrogens with zero attached hydrogens (tertiary/aromatic N) is 2. The molecule has 1 fully saturated rings. The second-order valence-corrected chi connectivity index (χ2v) is 8.48. The van der Waals surface area contributed by atoms with Crippen LogP contribution in [0.15, 0.2) is 30.3 Å². The molecule has 1 aromatic rings. The summed E-state index contributed by atoms with van der Waals surface area (Å²) in [7, 11) is -0.657. The molecule has 2 rings (SSSR count). The molecule has 0 radical (unpaired) electrons. The standard InChI is InChI=1S/C17H26N4O4S/c1-13(14-7-5-4-6-8-14)21-12-15(11-16(21)22)17(23)18-9-10-19-26(24,25)20(2)3/h4-8,13,15,19H,9-12H2,1-3H3,(H,18,23). The summed E-state index contributed by atoms with van der Waals surface area (Å²) in [5, 5.41) is 2.69. The molecule has 2 unspecified atom stereocenters. The van der Waals surface area contributed by atoms with Crippen molar-refractivity contribution in [2.45, 2.75) is 19.4 Å². The van der Waals surface area contributed by atoms with E-state index in [1.807, 2.05) is 37.3 Å². The summed E-state index contributed by atoms with van der Waals surface area (Å²) in [6.45, 7) is 2.58. The summed E-state index contributed by atoms with van der Waals surface area (Å²) in [5.74, 6) is -0.695. The van der Waals surface area contributed by atoms with Gasteiger partial charge in [-0.25, -0.2) is 4.72 Å². The van der Waals surface area contributed by atoms with Gasteiger partial charge in [-0.2, -0.15) is 12.7 Å². The molecule has 2 atom stereocenters. The van der Waals surface area contributed by atoms with Crippen LogP contribution in [0.2, 0.25) is 0 Å². The Morgan fingerprint density at radius 3 is 2.54 bits per heavy atom. The van der Waals surface area contributed by atoms with Crippen LogP contribution < -0.4 is 10.0 Å². The predicted molar refractivity (Wildman–Crippen MR) is 98.3 cm³/mol. The van der Waals surface area contributed by atoms with Crippen LogP contribution in [0.5, 0.6) is 0 Å². The molecule has 1 aliphatic heterocycles. The van der Waals surface area contributed by atoms with Crippen LogP contribution in [-0.2, 0) is 19.8 Å². The van der Waals surface area contributed by atoms with Crippen LogP contribution >= 0.6 is 0 Å². The van der Waals surface area contributed by atoms with Crippen LogP contribution in [0.1, 0.15) is 24.9 Å². The van der Waals surface area contributed by atoms with Gasteiger partial charge in [-0.1, -0.05) is 30.3 Å². The fraction of sp³-hybridized carbons (Fsp3) is 0.529. The number of benzene rings is 1. The molecule has 0 saturated carbocycles. The third-order valence-electron chi connectivity index (χ3n) is 4.47. The SMILES string of the molecule is CC(c1ccccc1)N1CC(C(=O)NCCNS(=O)(=O)N(C)C)CC1=O. The first-order valence-electron chi connectivity index (χ1n) is 8.51. The van der Waals surface area contributed by atoms with Gasteiger partial charge in [0.15, 0.2) is 0 Å². The maximum absolute atomic E-state index is 12.3. The van der Waals surface area contributed by atoms with Crippen molar-refractivity contribution >= 4 is 22.0 Å². The molecule has 0 aromatic heterocycles. The molecule has 2 N–H and O–H groups in total. The fourth-order valence-electron chi connectivity index (χ4n) is 2.83. The van der Waals surface area contributed by atoms with E-state index in [1.54, 1.807) is 4.90 Å². The highest BCUT2D eigenvalue weighted by atomic mass is 32.2. The van der Waals surface area contributed by atoms with E-state index < -0.39 is 16.1 Å². The largest absolute Gasteiger partial charge is 0.354 e. The zero-order valence-corrected chi connectivity index (χ0v) is 16.1. The second kappa shape index (κ2) is 8.61. The van der Waals surface area contributed by atoms with Gasteiger partial charge in [-0.3, -0.25) is 9.59 Å². The van der Waals surface area contributed by atoms with E-state index in [9.17, 15) is 18.0 Å². The third-order valence-corrected chi connectivity index (χ3v) is 6.00. The summed E-state index contributed by atoms with van der Waals surface area (Å²) in [4.78, 5) is 26.3. The number of carbonyl (C=O) groups is 2. The third kappa shape index (κ3) is 5.03. The Morgan fingerprint density at radius 1 is 1.27 bits per heavy atom. The Morgan fingerprint density at radius 2 is 1.92 bits per heavy atom. The lowest BCUT2D eigenvalue weighted by Crippen LogP contribution is -2.41. The van der Waals surface area contributed by atoms with Crippen LogP contribution in [0.3, 0.4) is 0 Å². The molecule has 1 heterocycles. The first kappa shape index (κ1) is 20.3. The van der Waals surface area contributed by atoms with Crippen molar-refractivity contribution in [3.8, 4) is 0 Å².